The van der Waals surface area contributed by atoms with Crippen LogP contribution in [0.2, 0.25) is 0 Å². The molecular formula is C63H76Cl2KN3O16V. The van der Waals surface area contributed by atoms with Gasteiger partial charge in [-0.15, -0.1) is 23.2 Å². The maximum Gasteiger partial charge on any atom is 1.00 e. The average Bonchev–Trinajstić information content (AvgIpc) is 3.27. The van der Waals surface area contributed by atoms with Gasteiger partial charge in [0.1, 0.15) is 28.9 Å². The minimum absolute atomic E-state index is 0. The Morgan fingerprint density at radius 3 is 0.895 bits per heavy atom. The van der Waals surface area contributed by atoms with Crippen molar-refractivity contribution in [1.82, 2.24) is 14.7 Å². The molecule has 4 aromatic carbocycles. The van der Waals surface area contributed by atoms with E-state index in [4.69, 9.17) is 46.9 Å². The van der Waals surface area contributed by atoms with E-state index >= 15 is 0 Å². The number of rotatable bonds is 15. The molecule has 0 N–H and O–H groups in total. The number of ketones is 4. The molecule has 4 aromatic rings. The van der Waals surface area contributed by atoms with Gasteiger partial charge in [-0.2, -0.15) is 0 Å². The van der Waals surface area contributed by atoms with Gasteiger partial charge in [-0.1, -0.05) is 104 Å². The van der Waals surface area contributed by atoms with E-state index in [1.165, 1.54) is 14.7 Å². The number of Topliss-reactive ketones (excluding diaryl/α,β-unsaturated/α-hetero) is 4. The van der Waals surface area contributed by atoms with Gasteiger partial charge in [0.15, 0.2) is 36.3 Å². The van der Waals surface area contributed by atoms with E-state index in [0.717, 1.165) is 22.3 Å². The number of carbonyl (C=O) groups is 10. The summed E-state index contributed by atoms with van der Waals surface area (Å²) in [6, 6.07) is 25.5. The Labute approximate surface area is 568 Å². The number of likely N-dealkylation sites (tertiary alicyclic amines) is 3. The molecule has 3 fully saturated rings. The van der Waals surface area contributed by atoms with Crippen LogP contribution < -0.4 is 56.5 Å². The average molecular weight is 1290 g/mol. The third kappa shape index (κ3) is 23.6. The number of hydrogen-bond acceptors (Lipinski definition) is 16. The van der Waals surface area contributed by atoms with Crippen molar-refractivity contribution < 1.29 is 147 Å². The molecule has 86 heavy (non-hydrogen) atoms. The first kappa shape index (κ1) is 76.7. The summed E-state index contributed by atoms with van der Waals surface area (Å²) in [6.07, 6.45) is 1.52. The molecule has 1 radical (unpaired) electrons. The summed E-state index contributed by atoms with van der Waals surface area (Å²) in [5, 5.41) is 10.7. The number of aliphatic carboxylic acids is 1. The molecule has 3 aliphatic heterocycles. The Balaban J connectivity index is 0.000000543. The first-order valence-corrected chi connectivity index (χ1v) is 28.2. The number of alkyl halides is 2. The van der Waals surface area contributed by atoms with Crippen LogP contribution in [0.3, 0.4) is 0 Å². The molecule has 23 heteroatoms. The van der Waals surface area contributed by atoms with Crippen molar-refractivity contribution in [2.24, 2.45) is 0 Å². The molecule has 3 saturated heterocycles. The Hall–Kier alpha value is -5.42. The van der Waals surface area contributed by atoms with Crippen molar-refractivity contribution in [3.63, 3.8) is 0 Å². The summed E-state index contributed by atoms with van der Waals surface area (Å²) < 4.78 is 26.4. The first-order chi connectivity index (χ1) is 39.0. The van der Waals surface area contributed by atoms with Crippen LogP contribution in [0.25, 0.3) is 22.3 Å². The third-order valence-electron chi connectivity index (χ3n) is 12.9. The van der Waals surface area contributed by atoms with E-state index in [1.54, 1.807) is 135 Å². The number of carboxylic acid groups (broad SMARTS) is 1. The molecule has 3 heterocycles. The van der Waals surface area contributed by atoms with Crippen LogP contribution in [-0.2, 0) is 56.6 Å². The van der Waals surface area contributed by atoms with Gasteiger partial charge in [0.25, 0.3) is 0 Å². The molecule has 0 aromatic heterocycles. The van der Waals surface area contributed by atoms with Crippen molar-refractivity contribution in [2.75, 3.05) is 44.6 Å². The molecule has 7 rings (SSSR count). The third-order valence-corrected chi connectivity index (χ3v) is 13.4. The van der Waals surface area contributed by atoms with Crippen molar-refractivity contribution in [3.05, 3.63) is 119 Å². The quantitative estimate of drug-likeness (QED) is 0.0366. The Morgan fingerprint density at radius 1 is 0.430 bits per heavy atom. The van der Waals surface area contributed by atoms with Gasteiger partial charge in [0.2, 0.25) is 0 Å². The van der Waals surface area contributed by atoms with E-state index in [-0.39, 0.29) is 112 Å². The van der Waals surface area contributed by atoms with Crippen molar-refractivity contribution in [3.8, 4) is 22.3 Å². The smallest absolute Gasteiger partial charge is 0.548 e. The summed E-state index contributed by atoms with van der Waals surface area (Å²) in [7, 11) is 0. The van der Waals surface area contributed by atoms with Crippen LogP contribution in [0.5, 0.6) is 0 Å². The molecule has 3 atom stereocenters. The van der Waals surface area contributed by atoms with E-state index in [0.29, 0.717) is 80.4 Å². The number of hydrogen-bond donors (Lipinski definition) is 0. The zero-order valence-electron chi connectivity index (χ0n) is 49.7. The fourth-order valence-electron chi connectivity index (χ4n) is 8.83. The van der Waals surface area contributed by atoms with Gasteiger partial charge in [-0.25, -0.2) is 24.0 Å². The second kappa shape index (κ2) is 34.9. The van der Waals surface area contributed by atoms with Gasteiger partial charge in [-0.3, -0.25) is 33.9 Å². The topological polar surface area (TPSA) is 250 Å². The van der Waals surface area contributed by atoms with Gasteiger partial charge < -0.3 is 33.6 Å². The summed E-state index contributed by atoms with van der Waals surface area (Å²) in [5.74, 6) is -3.51. The molecule has 3 aliphatic rings. The zero-order valence-corrected chi connectivity index (χ0v) is 55.8. The zero-order chi connectivity index (χ0) is 61.4. The molecule has 459 valence electrons. The predicted molar refractivity (Wildman–Crippen MR) is 314 cm³/mol. The number of halogens is 2. The number of ether oxygens (including phenoxy) is 5. The SMILES string of the molecule is C.CC(C)(C)OC(=O)N1CCC[C@@H]1C(=O)[O-].CC(C)(C)OC(=O)N1CCC[C@H]1C(=O)OCC(=O)c1ccc(-c2ccc(C(=O)COC(=O)[C@@H]3CCCN3C(=O)OC(C)(C)C)cc2)cc1.O=C(CCl)c1ccc(-c2ccc(C(=O)CCl)cc2)cc1.[K+].[V]. The summed E-state index contributed by atoms with van der Waals surface area (Å²) in [6.45, 7) is 16.0. The number of esters is 2. The van der Waals surface area contributed by atoms with Crippen LogP contribution in [0.15, 0.2) is 97.1 Å². The van der Waals surface area contributed by atoms with Crippen LogP contribution >= 0.6 is 23.2 Å². The van der Waals surface area contributed by atoms with Gasteiger partial charge in [0.05, 0.1) is 23.8 Å². The molecule has 0 spiro atoms. The summed E-state index contributed by atoms with van der Waals surface area (Å²) >= 11 is 11.0. The van der Waals surface area contributed by atoms with E-state index in [2.05, 4.69) is 0 Å². The van der Waals surface area contributed by atoms with E-state index in [1.807, 2.05) is 24.3 Å². The van der Waals surface area contributed by atoms with Crippen LogP contribution in [0, 0.1) is 0 Å². The van der Waals surface area contributed by atoms with Gasteiger partial charge >= 0.3 is 81.6 Å². The number of carbonyl (C=O) groups excluding carboxylic acids is 10. The number of amides is 3. The standard InChI is InChI=1S/C36H44N2O10.C16H12Cl2O2.C10H17NO4.CH4.K.V/c1-35(2,3)47-33(43)37-19-7-9-27(37)31(41)45-21-29(39)25-15-11-23(12-16-25)24-13-17-26(18-14-24)30(40)22-46-32(42)28-10-8-20-38(28)34(44)48-36(4,5)6;17-9-15(19)13-5-1-11(2-6-13)12-3-7-14(8-4-12)16(20)10-18;1-10(2,3)15-9(14)11-6-4-5-7(11)8(12)13;;;/h11-18,27-28H,7-10,19-22H2,1-6H3;1-8H,9-10H2;7H,4-6H2,1-3H3,(H,12,13);1H4;;/q;;;;+1;/p-1/t27-,28-;;7-;;;/m0.1.../s1. The van der Waals surface area contributed by atoms with Crippen molar-refractivity contribution >= 4 is 82.5 Å². The fourth-order valence-corrected chi connectivity index (χ4v) is 9.14. The Morgan fingerprint density at radius 2 is 0.663 bits per heavy atom. The normalized spacial score (nSPS) is 16.1. The summed E-state index contributed by atoms with van der Waals surface area (Å²) in [4.78, 5) is 125. The van der Waals surface area contributed by atoms with Gasteiger partial charge in [0, 0.05) is 60.4 Å². The first-order valence-electron chi connectivity index (χ1n) is 27.2. The van der Waals surface area contributed by atoms with Crippen molar-refractivity contribution in [2.45, 2.75) is 143 Å². The largest absolute Gasteiger partial charge is 1.00 e. The second-order valence-electron chi connectivity index (χ2n) is 22.8. The predicted octanol–water partition coefficient (Wildman–Crippen LogP) is 7.57. The fraction of sp³-hybridized carbons (Fsp3) is 0.460. The van der Waals surface area contributed by atoms with Crippen LogP contribution in [-0.4, -0.2) is 154 Å². The second-order valence-corrected chi connectivity index (χ2v) is 23.3. The molecule has 0 unspecified atom stereocenters. The number of carboxylic acids is 1. The molecule has 0 saturated carbocycles. The molecule has 3 amide bonds. The molecule has 0 bridgehead atoms. The van der Waals surface area contributed by atoms with Crippen LogP contribution in [0.4, 0.5) is 14.4 Å². The van der Waals surface area contributed by atoms with E-state index < -0.39 is 84.3 Å². The monoisotopic (exact) mass is 1290 g/mol. The Bertz CT molecular complexity index is 2810. The maximum atomic E-state index is 12.8. The number of benzene rings is 4. The molecular weight excluding hydrogens is 1220 g/mol. The minimum Gasteiger partial charge on any atom is -0.548 e. The molecule has 19 nitrogen and oxygen atoms in total. The van der Waals surface area contributed by atoms with Crippen molar-refractivity contribution in [1.29, 1.82) is 0 Å². The van der Waals surface area contributed by atoms with Crippen LogP contribution in [0.1, 0.15) is 150 Å². The number of nitrogens with zero attached hydrogens (tertiary/aromatic N) is 3. The minimum atomic E-state index is -1.21. The van der Waals surface area contributed by atoms with E-state index in [9.17, 15) is 53.1 Å². The maximum absolute atomic E-state index is 12.8. The summed E-state index contributed by atoms with van der Waals surface area (Å²) in [5.41, 5.74) is 3.42. The van der Waals surface area contributed by atoms with Gasteiger partial charge in [-0.05, 0) is 123 Å². The Kier molecular flexibility index (Phi) is 31.2. The molecule has 0 aliphatic carbocycles.